The third-order valence-electron chi connectivity index (χ3n) is 3.71. The van der Waals surface area contributed by atoms with E-state index in [0.29, 0.717) is 21.8 Å². The van der Waals surface area contributed by atoms with Crippen LogP contribution in [-0.2, 0) is 0 Å². The second kappa shape index (κ2) is 5.86. The minimum atomic E-state index is -0.422. The van der Waals surface area contributed by atoms with Crippen LogP contribution < -0.4 is 5.32 Å². The summed E-state index contributed by atoms with van der Waals surface area (Å²) in [6.45, 7) is 11.2. The number of nitrogens with one attached hydrogen (secondary N) is 1. The number of pyridine rings is 1. The SMILES string of the molecule is Cc1c([N+](=O)[O-])cnc(NCC(C)(C)C(C)C)c1Br. The molecule has 1 rings (SSSR count). The van der Waals surface area contributed by atoms with Crippen LogP contribution in [0.5, 0.6) is 0 Å². The predicted octanol–water partition coefficient (Wildman–Crippen LogP) is 4.15. The van der Waals surface area contributed by atoms with Gasteiger partial charge in [0, 0.05) is 12.1 Å². The molecular formula is C13H20BrN3O2. The zero-order valence-corrected chi connectivity index (χ0v) is 13.5. The van der Waals surface area contributed by atoms with Gasteiger partial charge in [-0.05, 0) is 34.2 Å². The van der Waals surface area contributed by atoms with Crippen LogP contribution in [0.2, 0.25) is 0 Å². The van der Waals surface area contributed by atoms with Crippen LogP contribution >= 0.6 is 15.9 Å². The Morgan fingerprint density at radius 1 is 1.53 bits per heavy atom. The molecule has 0 spiro atoms. The van der Waals surface area contributed by atoms with Gasteiger partial charge in [-0.2, -0.15) is 0 Å². The van der Waals surface area contributed by atoms with Gasteiger partial charge in [0.25, 0.3) is 5.69 Å². The number of hydrogen-bond acceptors (Lipinski definition) is 4. The van der Waals surface area contributed by atoms with E-state index in [1.165, 1.54) is 6.20 Å². The van der Waals surface area contributed by atoms with Gasteiger partial charge < -0.3 is 5.32 Å². The molecule has 0 saturated carbocycles. The van der Waals surface area contributed by atoms with Crippen LogP contribution in [0.25, 0.3) is 0 Å². The van der Waals surface area contributed by atoms with Crippen molar-refractivity contribution in [2.45, 2.75) is 34.6 Å². The minimum absolute atomic E-state index is 0.0283. The average Bonchev–Trinajstić information content (AvgIpc) is 2.30. The van der Waals surface area contributed by atoms with E-state index in [9.17, 15) is 10.1 Å². The average molecular weight is 330 g/mol. The highest BCUT2D eigenvalue weighted by Gasteiger charge is 2.23. The normalized spacial score (nSPS) is 11.7. The van der Waals surface area contributed by atoms with Gasteiger partial charge in [-0.1, -0.05) is 27.7 Å². The van der Waals surface area contributed by atoms with Gasteiger partial charge in [0.05, 0.1) is 9.40 Å². The maximum Gasteiger partial charge on any atom is 0.291 e. The minimum Gasteiger partial charge on any atom is -0.369 e. The van der Waals surface area contributed by atoms with Crippen molar-refractivity contribution in [1.82, 2.24) is 4.98 Å². The van der Waals surface area contributed by atoms with Crippen LogP contribution in [0.15, 0.2) is 10.7 Å². The molecule has 0 radical (unpaired) electrons. The molecule has 5 nitrogen and oxygen atoms in total. The number of halogens is 1. The first kappa shape index (κ1) is 15.9. The van der Waals surface area contributed by atoms with Gasteiger partial charge in [0.1, 0.15) is 12.0 Å². The highest BCUT2D eigenvalue weighted by Crippen LogP contribution is 2.32. The van der Waals surface area contributed by atoms with E-state index >= 15 is 0 Å². The molecule has 0 aliphatic rings. The zero-order chi connectivity index (χ0) is 14.8. The lowest BCUT2D eigenvalue weighted by molar-refractivity contribution is -0.385. The van der Waals surface area contributed by atoms with Crippen LogP contribution in [0.1, 0.15) is 33.3 Å². The summed E-state index contributed by atoms with van der Waals surface area (Å²) in [5.41, 5.74) is 0.738. The molecule has 0 aliphatic heterocycles. The van der Waals surface area contributed by atoms with E-state index in [2.05, 4.69) is 53.9 Å². The van der Waals surface area contributed by atoms with Gasteiger partial charge >= 0.3 is 0 Å². The highest BCUT2D eigenvalue weighted by atomic mass is 79.9. The lowest BCUT2D eigenvalue weighted by Gasteiger charge is -2.29. The molecule has 1 aromatic rings. The highest BCUT2D eigenvalue weighted by molar-refractivity contribution is 9.10. The summed E-state index contributed by atoms with van der Waals surface area (Å²) in [7, 11) is 0. The van der Waals surface area contributed by atoms with Crippen molar-refractivity contribution in [3.05, 3.63) is 26.3 Å². The molecule has 0 aliphatic carbocycles. The summed E-state index contributed by atoms with van der Waals surface area (Å²) in [6, 6.07) is 0. The molecule has 19 heavy (non-hydrogen) atoms. The summed E-state index contributed by atoms with van der Waals surface area (Å²) >= 11 is 3.37. The maximum atomic E-state index is 10.8. The van der Waals surface area contributed by atoms with Crippen molar-refractivity contribution >= 4 is 27.4 Å². The topological polar surface area (TPSA) is 68.1 Å². The van der Waals surface area contributed by atoms with Crippen molar-refractivity contribution in [3.8, 4) is 0 Å². The monoisotopic (exact) mass is 329 g/mol. The lowest BCUT2D eigenvalue weighted by atomic mass is 9.81. The number of rotatable bonds is 5. The van der Waals surface area contributed by atoms with Crippen LogP contribution in [0.3, 0.4) is 0 Å². The lowest BCUT2D eigenvalue weighted by Crippen LogP contribution is -2.29. The molecule has 0 bridgehead atoms. The first-order valence-electron chi connectivity index (χ1n) is 6.20. The quantitative estimate of drug-likeness (QED) is 0.650. The van der Waals surface area contributed by atoms with Gasteiger partial charge in [-0.25, -0.2) is 4.98 Å². The molecule has 1 aromatic heterocycles. The largest absolute Gasteiger partial charge is 0.369 e. The number of aromatic nitrogens is 1. The predicted molar refractivity (Wildman–Crippen MR) is 80.4 cm³/mol. The Bertz CT molecular complexity index is 487. The number of anilines is 1. The number of nitro groups is 1. The third-order valence-corrected chi connectivity index (χ3v) is 4.68. The van der Waals surface area contributed by atoms with Crippen LogP contribution in [0, 0.1) is 28.4 Å². The maximum absolute atomic E-state index is 10.8. The molecule has 1 heterocycles. The fraction of sp³-hybridized carbons (Fsp3) is 0.615. The van der Waals surface area contributed by atoms with Crippen molar-refractivity contribution in [2.75, 3.05) is 11.9 Å². The molecule has 6 heteroatoms. The van der Waals surface area contributed by atoms with E-state index in [1.54, 1.807) is 6.92 Å². The van der Waals surface area contributed by atoms with E-state index in [-0.39, 0.29) is 11.1 Å². The fourth-order valence-corrected chi connectivity index (χ4v) is 1.84. The summed E-state index contributed by atoms with van der Waals surface area (Å²) in [5, 5.41) is 14.1. The summed E-state index contributed by atoms with van der Waals surface area (Å²) in [6.07, 6.45) is 1.30. The van der Waals surface area contributed by atoms with Gasteiger partial charge in [-0.3, -0.25) is 10.1 Å². The third kappa shape index (κ3) is 3.65. The van der Waals surface area contributed by atoms with Crippen molar-refractivity contribution in [2.24, 2.45) is 11.3 Å². The first-order chi connectivity index (χ1) is 8.66. The molecule has 0 amide bonds. The summed E-state index contributed by atoms with van der Waals surface area (Å²) in [4.78, 5) is 14.5. The Morgan fingerprint density at radius 3 is 2.58 bits per heavy atom. The Labute approximate surface area is 122 Å². The standard InChI is InChI=1S/C13H20BrN3O2/c1-8(2)13(4,5)7-16-12-11(14)9(3)10(6-15-12)17(18)19/h6,8H,7H2,1-5H3,(H,15,16). The second-order valence-corrected chi connectivity index (χ2v) is 6.48. The molecule has 1 N–H and O–H groups in total. The Kier molecular flexibility index (Phi) is 4.90. The fourth-order valence-electron chi connectivity index (χ4n) is 1.39. The molecule has 106 valence electrons. The van der Waals surface area contributed by atoms with Crippen LogP contribution in [-0.4, -0.2) is 16.5 Å². The van der Waals surface area contributed by atoms with Gasteiger partial charge in [0.15, 0.2) is 0 Å². The van der Waals surface area contributed by atoms with Crippen molar-refractivity contribution < 1.29 is 4.92 Å². The molecule has 0 aromatic carbocycles. The van der Waals surface area contributed by atoms with E-state index < -0.39 is 4.92 Å². The molecule has 0 fully saturated rings. The Morgan fingerprint density at radius 2 is 2.11 bits per heavy atom. The number of hydrogen-bond donors (Lipinski definition) is 1. The first-order valence-corrected chi connectivity index (χ1v) is 6.99. The second-order valence-electron chi connectivity index (χ2n) is 5.68. The molecule has 0 atom stereocenters. The zero-order valence-electron chi connectivity index (χ0n) is 12.0. The van der Waals surface area contributed by atoms with E-state index in [4.69, 9.17) is 0 Å². The van der Waals surface area contributed by atoms with E-state index in [1.807, 2.05) is 0 Å². The summed E-state index contributed by atoms with van der Waals surface area (Å²) < 4.78 is 0.654. The molecule has 0 saturated heterocycles. The van der Waals surface area contributed by atoms with E-state index in [0.717, 1.165) is 6.54 Å². The van der Waals surface area contributed by atoms with Gasteiger partial charge in [-0.15, -0.1) is 0 Å². The Balaban J connectivity index is 2.93. The molecule has 0 unspecified atom stereocenters. The smallest absolute Gasteiger partial charge is 0.291 e. The Hall–Kier alpha value is -1.17. The molecular weight excluding hydrogens is 310 g/mol. The van der Waals surface area contributed by atoms with Crippen molar-refractivity contribution in [1.29, 1.82) is 0 Å². The van der Waals surface area contributed by atoms with Crippen LogP contribution in [0.4, 0.5) is 11.5 Å². The number of nitrogens with zero attached hydrogens (tertiary/aromatic N) is 2. The summed E-state index contributed by atoms with van der Waals surface area (Å²) in [5.74, 6) is 1.18. The van der Waals surface area contributed by atoms with Crippen molar-refractivity contribution in [3.63, 3.8) is 0 Å². The van der Waals surface area contributed by atoms with Gasteiger partial charge in [0.2, 0.25) is 0 Å².